The van der Waals surface area contributed by atoms with Crippen LogP contribution in [0.4, 0.5) is 0 Å². The van der Waals surface area contributed by atoms with Crippen LogP contribution in [0.25, 0.3) is 0 Å². The fraction of sp³-hybridized carbons (Fsp3) is 0.267. The van der Waals surface area contributed by atoms with Gasteiger partial charge in [0, 0.05) is 18.3 Å². The van der Waals surface area contributed by atoms with Gasteiger partial charge in [-0.25, -0.2) is 4.79 Å². The number of hydrogen-bond donors (Lipinski definition) is 1. The molecule has 0 aliphatic carbocycles. The molecule has 116 valence electrons. The number of nitrogens with zero attached hydrogens (tertiary/aromatic N) is 3. The summed E-state index contributed by atoms with van der Waals surface area (Å²) in [6.45, 7) is 1.89. The number of amides is 1. The van der Waals surface area contributed by atoms with Crippen molar-refractivity contribution in [1.82, 2.24) is 14.7 Å². The minimum Gasteiger partial charge on any atom is -0.480 e. The highest BCUT2D eigenvalue weighted by Crippen LogP contribution is 2.16. The number of hydrogen-bond acceptors (Lipinski definition) is 3. The fourth-order valence-electron chi connectivity index (χ4n) is 1.91. The minimum atomic E-state index is -1.06. The molecule has 7 heteroatoms. The highest BCUT2D eigenvalue weighted by Gasteiger charge is 2.23. The van der Waals surface area contributed by atoms with Crippen LogP contribution in [0.15, 0.2) is 36.7 Å². The van der Waals surface area contributed by atoms with Gasteiger partial charge in [0.15, 0.2) is 0 Å². The van der Waals surface area contributed by atoms with Crippen LogP contribution in [0, 0.1) is 0 Å². The van der Waals surface area contributed by atoms with E-state index in [4.69, 9.17) is 16.7 Å². The molecular formula is C15H16ClN3O3. The van der Waals surface area contributed by atoms with Crippen molar-refractivity contribution in [3.05, 3.63) is 52.8 Å². The summed E-state index contributed by atoms with van der Waals surface area (Å²) in [5.41, 5.74) is 1.22. The van der Waals surface area contributed by atoms with Gasteiger partial charge in [-0.1, -0.05) is 29.8 Å². The first-order valence-electron chi connectivity index (χ1n) is 6.66. The Morgan fingerprint density at radius 3 is 2.73 bits per heavy atom. The lowest BCUT2D eigenvalue weighted by molar-refractivity contribution is -0.141. The lowest BCUT2D eigenvalue weighted by Gasteiger charge is -2.20. The number of carbonyl (C=O) groups is 2. The van der Waals surface area contributed by atoms with Crippen LogP contribution in [-0.2, 0) is 11.3 Å². The number of aliphatic carboxylic acids is 1. The molecule has 6 nitrogen and oxygen atoms in total. The number of benzene rings is 1. The van der Waals surface area contributed by atoms with Crippen LogP contribution in [-0.4, -0.2) is 44.8 Å². The average molecular weight is 322 g/mol. The third-order valence-electron chi connectivity index (χ3n) is 3.43. The van der Waals surface area contributed by atoms with Gasteiger partial charge in [0.05, 0.1) is 18.3 Å². The monoisotopic (exact) mass is 321 g/mol. The van der Waals surface area contributed by atoms with Gasteiger partial charge in [-0.15, -0.1) is 0 Å². The number of carboxylic acids is 1. The normalized spacial score (nSPS) is 12.0. The summed E-state index contributed by atoms with van der Waals surface area (Å²) >= 11 is 6.09. The van der Waals surface area contributed by atoms with Crippen molar-refractivity contribution in [2.24, 2.45) is 0 Å². The molecule has 0 fully saturated rings. The molecule has 1 atom stereocenters. The maximum Gasteiger partial charge on any atom is 0.326 e. The second-order valence-electron chi connectivity index (χ2n) is 4.95. The number of carbonyl (C=O) groups excluding carboxylic acids is 1. The highest BCUT2D eigenvalue weighted by atomic mass is 35.5. The van der Waals surface area contributed by atoms with Crippen LogP contribution in [0.5, 0.6) is 0 Å². The largest absolute Gasteiger partial charge is 0.480 e. The van der Waals surface area contributed by atoms with Gasteiger partial charge in [-0.05, 0) is 18.6 Å². The Labute approximate surface area is 132 Å². The fourth-order valence-corrected chi connectivity index (χ4v) is 2.10. The molecule has 1 heterocycles. The molecule has 1 unspecified atom stereocenters. The van der Waals surface area contributed by atoms with E-state index in [1.54, 1.807) is 16.9 Å². The molecule has 0 saturated carbocycles. The number of likely N-dealkylation sites (N-methyl/N-ethyl adjacent to an activating group) is 1. The molecule has 0 bridgehead atoms. The molecule has 0 aliphatic heterocycles. The maximum atomic E-state index is 12.2. The van der Waals surface area contributed by atoms with E-state index in [1.807, 2.05) is 18.2 Å². The Kier molecular flexibility index (Phi) is 4.82. The van der Waals surface area contributed by atoms with Gasteiger partial charge < -0.3 is 10.0 Å². The van der Waals surface area contributed by atoms with Crippen molar-refractivity contribution in [2.75, 3.05) is 7.05 Å². The second-order valence-corrected chi connectivity index (χ2v) is 5.36. The summed E-state index contributed by atoms with van der Waals surface area (Å²) in [5, 5.41) is 13.7. The molecule has 1 amide bonds. The van der Waals surface area contributed by atoms with Crippen molar-refractivity contribution in [1.29, 1.82) is 0 Å². The average Bonchev–Trinajstić information content (AvgIpc) is 2.95. The zero-order valence-corrected chi connectivity index (χ0v) is 13.0. The number of rotatable bonds is 5. The van der Waals surface area contributed by atoms with E-state index in [-0.39, 0.29) is 5.91 Å². The maximum absolute atomic E-state index is 12.2. The Morgan fingerprint density at radius 2 is 2.09 bits per heavy atom. The van der Waals surface area contributed by atoms with E-state index in [0.29, 0.717) is 17.1 Å². The van der Waals surface area contributed by atoms with E-state index in [0.717, 1.165) is 5.56 Å². The summed E-state index contributed by atoms with van der Waals surface area (Å²) < 4.78 is 1.59. The number of halogens is 1. The van der Waals surface area contributed by atoms with Crippen molar-refractivity contribution >= 4 is 23.5 Å². The molecule has 0 aliphatic rings. The predicted molar refractivity (Wildman–Crippen MR) is 82.0 cm³/mol. The van der Waals surface area contributed by atoms with Gasteiger partial charge >= 0.3 is 5.97 Å². The predicted octanol–water partition coefficient (Wildman–Crippen LogP) is 2.13. The van der Waals surface area contributed by atoms with Crippen molar-refractivity contribution in [3.8, 4) is 0 Å². The lowest BCUT2D eigenvalue weighted by atomic mass is 10.2. The van der Waals surface area contributed by atoms with Gasteiger partial charge in [0.1, 0.15) is 6.04 Å². The number of carboxylic acid groups (broad SMARTS) is 1. The standard InChI is InChI=1S/C15H16ClN3O3/c1-10(15(21)22)18(2)14(20)12-7-17-19(9-12)8-11-5-3-4-6-13(11)16/h3-7,9-10H,8H2,1-2H3,(H,21,22). The first-order valence-corrected chi connectivity index (χ1v) is 7.03. The molecule has 1 aromatic heterocycles. The SMILES string of the molecule is CC(C(=O)O)N(C)C(=O)c1cnn(Cc2ccccc2Cl)c1. The van der Waals surface area contributed by atoms with Crippen LogP contribution in [0.1, 0.15) is 22.8 Å². The van der Waals surface area contributed by atoms with Crippen molar-refractivity contribution in [3.63, 3.8) is 0 Å². The second kappa shape index (κ2) is 6.62. The van der Waals surface area contributed by atoms with Crippen LogP contribution in [0.3, 0.4) is 0 Å². The lowest BCUT2D eigenvalue weighted by Crippen LogP contribution is -2.40. The van der Waals surface area contributed by atoms with Gasteiger partial charge in [-0.3, -0.25) is 9.48 Å². The van der Waals surface area contributed by atoms with Crippen molar-refractivity contribution < 1.29 is 14.7 Å². The zero-order valence-electron chi connectivity index (χ0n) is 12.2. The van der Waals surface area contributed by atoms with Crippen LogP contribution in [0.2, 0.25) is 5.02 Å². The Balaban J connectivity index is 2.13. The van der Waals surface area contributed by atoms with Gasteiger partial charge in [-0.2, -0.15) is 5.10 Å². The summed E-state index contributed by atoms with van der Waals surface area (Å²) in [6, 6.07) is 6.48. The van der Waals surface area contributed by atoms with E-state index >= 15 is 0 Å². The molecule has 22 heavy (non-hydrogen) atoms. The van der Waals surface area contributed by atoms with E-state index < -0.39 is 12.0 Å². The summed E-state index contributed by atoms with van der Waals surface area (Å²) in [5.74, 6) is -1.44. The van der Waals surface area contributed by atoms with Gasteiger partial charge in [0.2, 0.25) is 0 Å². The molecule has 0 radical (unpaired) electrons. The third kappa shape index (κ3) is 3.46. The molecule has 1 aromatic carbocycles. The van der Waals surface area contributed by atoms with E-state index in [2.05, 4.69) is 5.10 Å². The quantitative estimate of drug-likeness (QED) is 0.915. The number of aromatic nitrogens is 2. The first-order chi connectivity index (χ1) is 10.4. The topological polar surface area (TPSA) is 75.4 Å². The molecule has 2 aromatic rings. The van der Waals surface area contributed by atoms with Gasteiger partial charge in [0.25, 0.3) is 5.91 Å². The molecule has 0 spiro atoms. The zero-order chi connectivity index (χ0) is 16.3. The smallest absolute Gasteiger partial charge is 0.326 e. The Hall–Kier alpha value is -2.34. The van der Waals surface area contributed by atoms with Crippen LogP contribution >= 0.6 is 11.6 Å². The third-order valence-corrected chi connectivity index (χ3v) is 3.80. The Morgan fingerprint density at radius 1 is 1.41 bits per heavy atom. The summed E-state index contributed by atoms with van der Waals surface area (Å²) in [4.78, 5) is 24.3. The van der Waals surface area contributed by atoms with E-state index in [9.17, 15) is 9.59 Å². The van der Waals surface area contributed by atoms with Crippen LogP contribution < -0.4 is 0 Å². The molecule has 0 saturated heterocycles. The highest BCUT2D eigenvalue weighted by molar-refractivity contribution is 6.31. The molecule has 2 rings (SSSR count). The minimum absolute atomic E-state index is 0.336. The van der Waals surface area contributed by atoms with E-state index in [1.165, 1.54) is 25.1 Å². The molecular weight excluding hydrogens is 306 g/mol. The molecule has 1 N–H and O–H groups in total. The Bertz CT molecular complexity index is 699. The summed E-state index contributed by atoms with van der Waals surface area (Å²) in [6.07, 6.45) is 3.00. The first kappa shape index (κ1) is 16.0. The van der Waals surface area contributed by atoms with Crippen molar-refractivity contribution in [2.45, 2.75) is 19.5 Å². The summed E-state index contributed by atoms with van der Waals surface area (Å²) in [7, 11) is 1.45.